The summed E-state index contributed by atoms with van der Waals surface area (Å²) in [5.74, 6) is 0.950. The highest BCUT2D eigenvalue weighted by Gasteiger charge is 2.23. The Morgan fingerprint density at radius 1 is 1.12 bits per heavy atom. The van der Waals surface area contributed by atoms with Gasteiger partial charge in [-0.15, -0.1) is 0 Å². The average Bonchev–Trinajstić information content (AvgIpc) is 2.38. The Hall–Kier alpha value is -0.630. The fourth-order valence-corrected chi connectivity index (χ4v) is 1.97. The maximum absolute atomic E-state index is 5.77. The molecule has 0 aliphatic heterocycles. The van der Waals surface area contributed by atoms with E-state index in [-0.39, 0.29) is 10.9 Å². The minimum absolute atomic E-state index is 0.00506. The fourth-order valence-electron chi connectivity index (χ4n) is 1.82. The van der Waals surface area contributed by atoms with E-state index in [2.05, 4.69) is 52.0 Å². The van der Waals surface area contributed by atoms with Gasteiger partial charge in [-0.1, -0.05) is 32.9 Å². The van der Waals surface area contributed by atoms with Gasteiger partial charge in [-0.25, -0.2) is 0 Å². The molecule has 1 nitrogen and oxygen atoms in total. The minimum atomic E-state index is -0.00506. The van der Waals surface area contributed by atoms with Crippen LogP contribution in [-0.2, 0) is 4.75 Å². The smallest absolute Gasteiger partial charge is 0.119 e. The molecule has 1 aromatic rings. The molecule has 1 aromatic carbocycles. The Bertz CT molecular complexity index is 327. The molecule has 2 heteroatoms. The summed E-state index contributed by atoms with van der Waals surface area (Å²) in [6.07, 6.45) is 3.39. The van der Waals surface area contributed by atoms with Crippen molar-refractivity contribution in [1.29, 1.82) is 0 Å². The molecule has 0 saturated heterocycles. The molecule has 1 unspecified atom stereocenters. The maximum atomic E-state index is 5.77. The second kappa shape index (κ2) is 6.34. The first-order valence-corrected chi connectivity index (χ1v) is 7.00. The standard InChI is InChI=1S/C15H24OS/c1-5-12(4)16-14-10-8-13(9-11-14)15(17,6-2)7-3/h8-12,17H,5-7H2,1-4H3. The van der Waals surface area contributed by atoms with E-state index >= 15 is 0 Å². The second-order valence-electron chi connectivity index (χ2n) is 4.60. The van der Waals surface area contributed by atoms with E-state index in [1.54, 1.807) is 0 Å². The van der Waals surface area contributed by atoms with Crippen LogP contribution in [0.2, 0.25) is 0 Å². The molecule has 1 atom stereocenters. The van der Waals surface area contributed by atoms with E-state index < -0.39 is 0 Å². The number of hydrogen-bond donors (Lipinski definition) is 1. The van der Waals surface area contributed by atoms with E-state index in [0.29, 0.717) is 0 Å². The molecule has 96 valence electrons. The summed E-state index contributed by atoms with van der Waals surface area (Å²) in [6.45, 7) is 8.58. The fraction of sp³-hybridized carbons (Fsp3) is 0.600. The lowest BCUT2D eigenvalue weighted by Crippen LogP contribution is -2.16. The second-order valence-corrected chi connectivity index (χ2v) is 5.46. The van der Waals surface area contributed by atoms with Gasteiger partial charge >= 0.3 is 0 Å². The predicted octanol–water partition coefficient (Wildman–Crippen LogP) is 4.81. The molecule has 0 radical (unpaired) electrons. The molecule has 0 heterocycles. The monoisotopic (exact) mass is 252 g/mol. The molecule has 0 spiro atoms. The molecule has 1 rings (SSSR count). The molecule has 17 heavy (non-hydrogen) atoms. The van der Waals surface area contributed by atoms with Gasteiger partial charge in [-0.05, 0) is 43.9 Å². The van der Waals surface area contributed by atoms with Crippen LogP contribution in [0, 0.1) is 0 Å². The van der Waals surface area contributed by atoms with Gasteiger partial charge in [0.2, 0.25) is 0 Å². The first kappa shape index (κ1) is 14.4. The van der Waals surface area contributed by atoms with Crippen molar-refractivity contribution in [3.63, 3.8) is 0 Å². The number of benzene rings is 1. The topological polar surface area (TPSA) is 9.23 Å². The Kier molecular flexibility index (Phi) is 5.38. The van der Waals surface area contributed by atoms with Crippen LogP contribution in [0.3, 0.4) is 0 Å². The van der Waals surface area contributed by atoms with Gasteiger partial charge in [-0.3, -0.25) is 0 Å². The van der Waals surface area contributed by atoms with E-state index in [0.717, 1.165) is 25.0 Å². The summed E-state index contributed by atoms with van der Waals surface area (Å²) in [5, 5.41) is 0. The number of rotatable bonds is 6. The lowest BCUT2D eigenvalue weighted by atomic mass is 9.93. The summed E-state index contributed by atoms with van der Waals surface area (Å²) in [7, 11) is 0. The van der Waals surface area contributed by atoms with Crippen molar-refractivity contribution in [3.8, 4) is 5.75 Å². The van der Waals surface area contributed by atoms with Crippen molar-refractivity contribution in [1.82, 2.24) is 0 Å². The van der Waals surface area contributed by atoms with Gasteiger partial charge in [0.05, 0.1) is 6.10 Å². The zero-order chi connectivity index (χ0) is 12.9. The lowest BCUT2D eigenvalue weighted by Gasteiger charge is -2.26. The van der Waals surface area contributed by atoms with Crippen molar-refractivity contribution in [2.45, 2.75) is 57.8 Å². The van der Waals surface area contributed by atoms with Crippen LogP contribution < -0.4 is 4.74 Å². The summed E-state index contributed by atoms with van der Waals surface area (Å²) in [6, 6.07) is 8.38. The van der Waals surface area contributed by atoms with Crippen LogP contribution in [0.25, 0.3) is 0 Å². The highest BCUT2D eigenvalue weighted by molar-refractivity contribution is 7.81. The van der Waals surface area contributed by atoms with Crippen molar-refractivity contribution < 1.29 is 4.74 Å². The van der Waals surface area contributed by atoms with Crippen molar-refractivity contribution in [2.24, 2.45) is 0 Å². The van der Waals surface area contributed by atoms with Crippen molar-refractivity contribution in [2.75, 3.05) is 0 Å². The normalized spacial score (nSPS) is 13.5. The van der Waals surface area contributed by atoms with Gasteiger partial charge in [-0.2, -0.15) is 12.6 Å². The van der Waals surface area contributed by atoms with Crippen LogP contribution in [-0.4, -0.2) is 6.10 Å². The van der Waals surface area contributed by atoms with Gasteiger partial charge in [0.15, 0.2) is 0 Å². The van der Waals surface area contributed by atoms with Gasteiger partial charge in [0.1, 0.15) is 5.75 Å². The van der Waals surface area contributed by atoms with Gasteiger partial charge in [0, 0.05) is 4.75 Å². The molecule has 0 fully saturated rings. The molecule has 0 aliphatic carbocycles. The Morgan fingerprint density at radius 2 is 1.65 bits per heavy atom. The first-order valence-electron chi connectivity index (χ1n) is 6.55. The average molecular weight is 252 g/mol. The predicted molar refractivity (Wildman–Crippen MR) is 78.1 cm³/mol. The van der Waals surface area contributed by atoms with Crippen LogP contribution in [0.5, 0.6) is 5.75 Å². The van der Waals surface area contributed by atoms with Crippen LogP contribution in [0.4, 0.5) is 0 Å². The highest BCUT2D eigenvalue weighted by Crippen LogP contribution is 2.36. The zero-order valence-corrected chi connectivity index (χ0v) is 12.3. The molecular formula is C15H24OS. The first-order chi connectivity index (χ1) is 8.05. The largest absolute Gasteiger partial charge is 0.491 e. The molecule has 0 aromatic heterocycles. The number of thiol groups is 1. The summed E-state index contributed by atoms with van der Waals surface area (Å²) < 4.78 is 5.77. The highest BCUT2D eigenvalue weighted by atomic mass is 32.1. The Labute approximate surface area is 111 Å². The number of hydrogen-bond acceptors (Lipinski definition) is 2. The molecule has 0 saturated carbocycles. The zero-order valence-electron chi connectivity index (χ0n) is 11.4. The molecule has 0 N–H and O–H groups in total. The summed E-state index contributed by atoms with van der Waals surface area (Å²) in [5.41, 5.74) is 1.28. The molecule has 0 aliphatic rings. The van der Waals surface area contributed by atoms with E-state index in [1.807, 2.05) is 0 Å². The number of ether oxygens (including phenoxy) is 1. The third-order valence-corrected chi connectivity index (χ3v) is 4.36. The summed E-state index contributed by atoms with van der Waals surface area (Å²) >= 11 is 4.79. The van der Waals surface area contributed by atoms with Crippen LogP contribution in [0.1, 0.15) is 52.5 Å². The van der Waals surface area contributed by atoms with E-state index in [9.17, 15) is 0 Å². The molecule has 0 amide bonds. The summed E-state index contributed by atoms with van der Waals surface area (Å²) in [4.78, 5) is 0. The van der Waals surface area contributed by atoms with Gasteiger partial charge < -0.3 is 4.74 Å². The lowest BCUT2D eigenvalue weighted by molar-refractivity contribution is 0.217. The van der Waals surface area contributed by atoms with Crippen molar-refractivity contribution in [3.05, 3.63) is 29.8 Å². The molecule has 0 bridgehead atoms. The van der Waals surface area contributed by atoms with Crippen LogP contribution >= 0.6 is 12.6 Å². The third-order valence-electron chi connectivity index (χ3n) is 3.47. The SMILES string of the molecule is CCC(C)Oc1ccc(C(S)(CC)CC)cc1. The van der Waals surface area contributed by atoms with E-state index in [4.69, 9.17) is 17.4 Å². The van der Waals surface area contributed by atoms with E-state index in [1.165, 1.54) is 5.56 Å². The maximum Gasteiger partial charge on any atom is 0.119 e. The quantitative estimate of drug-likeness (QED) is 0.715. The minimum Gasteiger partial charge on any atom is -0.491 e. The molecular weight excluding hydrogens is 228 g/mol. The van der Waals surface area contributed by atoms with Crippen LogP contribution in [0.15, 0.2) is 24.3 Å². The third kappa shape index (κ3) is 3.67. The Morgan fingerprint density at radius 3 is 2.06 bits per heavy atom. The van der Waals surface area contributed by atoms with Crippen molar-refractivity contribution >= 4 is 12.6 Å². The Balaban J connectivity index is 2.80. The van der Waals surface area contributed by atoms with Gasteiger partial charge in [0.25, 0.3) is 0 Å².